The monoisotopic (exact) mass is 256 g/mol. The summed E-state index contributed by atoms with van der Waals surface area (Å²) in [6.45, 7) is 0. The molecule has 0 spiro atoms. The van der Waals surface area contributed by atoms with E-state index in [1.165, 1.54) is 0 Å². The van der Waals surface area contributed by atoms with Crippen molar-refractivity contribution in [1.29, 1.82) is 0 Å². The minimum atomic E-state index is -0.745. The second-order valence-corrected chi connectivity index (χ2v) is 3.94. The molecule has 0 radical (unpaired) electrons. The van der Waals surface area contributed by atoms with Crippen LogP contribution in [0.3, 0.4) is 0 Å². The van der Waals surface area contributed by atoms with Gasteiger partial charge in [-0.1, -0.05) is 30.3 Å². The van der Waals surface area contributed by atoms with Gasteiger partial charge in [-0.05, 0) is 5.56 Å². The van der Waals surface area contributed by atoms with Gasteiger partial charge in [-0.15, -0.1) is 0 Å². The van der Waals surface area contributed by atoms with Gasteiger partial charge in [0.15, 0.2) is 5.65 Å². The fourth-order valence-corrected chi connectivity index (χ4v) is 1.84. The number of H-pyrrole nitrogens is 1. The Morgan fingerprint density at radius 3 is 2.68 bits per heavy atom. The number of nitrogens with one attached hydrogen (secondary N) is 1. The number of nitro groups is 1. The van der Waals surface area contributed by atoms with E-state index in [4.69, 9.17) is 0 Å². The maximum Gasteiger partial charge on any atom is 0.354 e. The Bertz CT molecular complexity index is 820. The maximum atomic E-state index is 11.9. The van der Waals surface area contributed by atoms with Crippen molar-refractivity contribution in [3.05, 3.63) is 63.1 Å². The predicted octanol–water partition coefficient (Wildman–Crippen LogP) is 1.60. The summed E-state index contributed by atoms with van der Waals surface area (Å²) in [5.74, 6) is 0. The van der Waals surface area contributed by atoms with E-state index in [0.717, 1.165) is 16.3 Å². The molecule has 0 amide bonds. The number of hydrogen-bond donors (Lipinski definition) is 1. The lowest BCUT2D eigenvalue weighted by Crippen LogP contribution is -2.18. The molecule has 0 atom stereocenters. The predicted molar refractivity (Wildman–Crippen MR) is 67.9 cm³/mol. The van der Waals surface area contributed by atoms with Gasteiger partial charge >= 0.3 is 11.2 Å². The van der Waals surface area contributed by atoms with Crippen molar-refractivity contribution in [3.8, 4) is 11.3 Å². The lowest BCUT2D eigenvalue weighted by molar-refractivity contribution is -0.386. The number of benzene rings is 1. The lowest BCUT2D eigenvalue weighted by Gasteiger charge is -1.95. The van der Waals surface area contributed by atoms with Crippen LogP contribution in [0, 0.1) is 10.1 Å². The van der Waals surface area contributed by atoms with Crippen molar-refractivity contribution in [2.75, 3.05) is 0 Å². The van der Waals surface area contributed by atoms with Crippen molar-refractivity contribution in [2.45, 2.75) is 0 Å². The van der Waals surface area contributed by atoms with Crippen LogP contribution in [-0.4, -0.2) is 19.5 Å². The van der Waals surface area contributed by atoms with Gasteiger partial charge in [0.25, 0.3) is 0 Å². The van der Waals surface area contributed by atoms with E-state index in [0.29, 0.717) is 11.3 Å². The van der Waals surface area contributed by atoms with Gasteiger partial charge in [0.1, 0.15) is 6.20 Å². The van der Waals surface area contributed by atoms with Gasteiger partial charge in [-0.25, -0.2) is 4.98 Å². The van der Waals surface area contributed by atoms with E-state index < -0.39 is 16.2 Å². The quantitative estimate of drug-likeness (QED) is 0.556. The molecule has 0 saturated carbocycles. The Hall–Kier alpha value is -2.96. The topological polar surface area (TPSA) is 93.3 Å². The van der Waals surface area contributed by atoms with E-state index in [-0.39, 0.29) is 0 Å². The van der Waals surface area contributed by atoms with Gasteiger partial charge in [0.05, 0.1) is 10.6 Å². The molecule has 0 aliphatic heterocycles. The van der Waals surface area contributed by atoms with Crippen LogP contribution in [0.2, 0.25) is 0 Å². The first-order valence-corrected chi connectivity index (χ1v) is 5.47. The average molecular weight is 256 g/mol. The highest BCUT2D eigenvalue weighted by molar-refractivity contribution is 5.64. The van der Waals surface area contributed by atoms with Gasteiger partial charge < -0.3 is 0 Å². The number of nitrogens with zero attached hydrogens (tertiary/aromatic N) is 3. The van der Waals surface area contributed by atoms with Crippen LogP contribution in [0.1, 0.15) is 0 Å². The molecule has 2 aromatic heterocycles. The third kappa shape index (κ3) is 1.77. The molecule has 3 aromatic rings. The highest BCUT2D eigenvalue weighted by Crippen LogP contribution is 2.18. The van der Waals surface area contributed by atoms with Crippen LogP contribution in [0.15, 0.2) is 47.4 Å². The first kappa shape index (κ1) is 11.1. The molecule has 0 bridgehead atoms. The average Bonchev–Trinajstić information content (AvgIpc) is 2.85. The summed E-state index contributed by atoms with van der Waals surface area (Å²) in [5, 5.41) is 13.5. The fraction of sp³-hybridized carbons (Fsp3) is 0. The first-order chi connectivity index (χ1) is 9.16. The van der Waals surface area contributed by atoms with Crippen molar-refractivity contribution < 1.29 is 4.92 Å². The summed E-state index contributed by atoms with van der Waals surface area (Å²) in [6.07, 6.45) is 0.972. The van der Waals surface area contributed by atoms with Gasteiger partial charge in [-0.2, -0.15) is 4.52 Å². The first-order valence-electron chi connectivity index (χ1n) is 5.47. The summed E-state index contributed by atoms with van der Waals surface area (Å²) < 4.78 is 1.07. The van der Waals surface area contributed by atoms with E-state index in [2.05, 4.69) is 10.1 Å². The van der Waals surface area contributed by atoms with Gasteiger partial charge in [0.2, 0.25) is 0 Å². The molecule has 94 valence electrons. The lowest BCUT2D eigenvalue weighted by atomic mass is 10.2. The highest BCUT2D eigenvalue weighted by Gasteiger charge is 2.16. The molecule has 0 saturated heterocycles. The Morgan fingerprint density at radius 2 is 2.00 bits per heavy atom. The second kappa shape index (κ2) is 4.05. The summed E-state index contributed by atoms with van der Waals surface area (Å²) >= 11 is 0. The van der Waals surface area contributed by atoms with Crippen LogP contribution >= 0.6 is 0 Å². The second-order valence-electron chi connectivity index (χ2n) is 3.94. The molecule has 19 heavy (non-hydrogen) atoms. The summed E-state index contributed by atoms with van der Waals surface area (Å²) in [5.41, 5.74) is 0.603. The third-order valence-corrected chi connectivity index (χ3v) is 2.76. The third-order valence-electron chi connectivity index (χ3n) is 2.76. The molecule has 0 aliphatic carbocycles. The van der Waals surface area contributed by atoms with Crippen molar-refractivity contribution >= 4 is 11.3 Å². The normalized spacial score (nSPS) is 10.7. The molecule has 7 nitrogen and oxygen atoms in total. The fourth-order valence-electron chi connectivity index (χ4n) is 1.84. The number of rotatable bonds is 2. The standard InChI is InChI=1S/C12H8N4O3/c17-12-10(16(18)19)7-13-11-6-9(14-15(11)12)8-4-2-1-3-5-8/h1-7,14H. The van der Waals surface area contributed by atoms with E-state index in [1.807, 2.05) is 30.3 Å². The van der Waals surface area contributed by atoms with Crippen LogP contribution in [0.4, 0.5) is 5.69 Å². The van der Waals surface area contributed by atoms with Crippen LogP contribution in [-0.2, 0) is 0 Å². The maximum absolute atomic E-state index is 11.9. The molecule has 1 N–H and O–H groups in total. The zero-order valence-electron chi connectivity index (χ0n) is 9.61. The molecule has 7 heteroatoms. The van der Waals surface area contributed by atoms with E-state index in [1.54, 1.807) is 6.07 Å². The number of hydrogen-bond acceptors (Lipinski definition) is 4. The van der Waals surface area contributed by atoms with Crippen molar-refractivity contribution in [3.63, 3.8) is 0 Å². The highest BCUT2D eigenvalue weighted by atomic mass is 16.6. The molecule has 1 aromatic carbocycles. The molecule has 0 unspecified atom stereocenters. The van der Waals surface area contributed by atoms with Crippen LogP contribution in [0.5, 0.6) is 0 Å². The smallest absolute Gasteiger partial charge is 0.289 e. The van der Waals surface area contributed by atoms with Crippen LogP contribution in [0.25, 0.3) is 16.9 Å². The summed E-state index contributed by atoms with van der Waals surface area (Å²) in [4.78, 5) is 25.7. The molecule has 3 rings (SSSR count). The number of fused-ring (bicyclic) bond motifs is 1. The molecule has 0 fully saturated rings. The zero-order chi connectivity index (χ0) is 13.4. The molecule has 2 heterocycles. The minimum absolute atomic E-state index is 0.342. The Balaban J connectivity index is 2.25. The minimum Gasteiger partial charge on any atom is -0.289 e. The zero-order valence-corrected chi connectivity index (χ0v) is 9.61. The molecular formula is C12H8N4O3. The number of aromatic nitrogens is 3. The van der Waals surface area contributed by atoms with Gasteiger partial charge in [-0.3, -0.25) is 20.0 Å². The van der Waals surface area contributed by atoms with Crippen LogP contribution < -0.4 is 5.56 Å². The Kier molecular flexibility index (Phi) is 2.38. The Morgan fingerprint density at radius 1 is 1.26 bits per heavy atom. The van der Waals surface area contributed by atoms with Crippen molar-refractivity contribution in [2.24, 2.45) is 0 Å². The summed E-state index contributed by atoms with van der Waals surface area (Å²) in [6, 6.07) is 11.0. The number of aromatic amines is 1. The van der Waals surface area contributed by atoms with E-state index >= 15 is 0 Å². The van der Waals surface area contributed by atoms with Crippen molar-refractivity contribution in [1.82, 2.24) is 14.6 Å². The Labute approximate surface area is 106 Å². The molecular weight excluding hydrogens is 248 g/mol. The van der Waals surface area contributed by atoms with Gasteiger partial charge in [0, 0.05) is 6.07 Å². The SMILES string of the molecule is O=c1c([N+](=O)[O-])cnc2cc(-c3ccccc3)[nH]n12. The summed E-state index contributed by atoms with van der Waals surface area (Å²) in [7, 11) is 0. The molecule has 0 aliphatic rings. The van der Waals surface area contributed by atoms with E-state index in [9.17, 15) is 14.9 Å². The largest absolute Gasteiger partial charge is 0.354 e.